The summed E-state index contributed by atoms with van der Waals surface area (Å²) >= 11 is 0. The molecule has 0 amide bonds. The highest BCUT2D eigenvalue weighted by atomic mass is 31.2. The molecule has 0 bridgehead atoms. The fourth-order valence-electron chi connectivity index (χ4n) is 1.34. The van der Waals surface area contributed by atoms with Crippen LogP contribution in [0.15, 0.2) is 35.7 Å². The van der Waals surface area contributed by atoms with Crippen LogP contribution < -0.4 is 5.32 Å². The smallest absolute Gasteiger partial charge is 0.333 e. The molecular weight excluding hydrogens is 318 g/mol. The minimum Gasteiger partial charge on any atom is -0.333 e. The Kier molecular flexibility index (Phi) is 6.74. The number of aromatic nitrogens is 1. The van der Waals surface area contributed by atoms with Crippen LogP contribution in [0.1, 0.15) is 0 Å². The van der Waals surface area contributed by atoms with Gasteiger partial charge in [0, 0.05) is 34.6 Å². The lowest BCUT2D eigenvalue weighted by Crippen LogP contribution is -2.05. The minimum atomic E-state index is -3.70. The molecule has 0 aromatic carbocycles. The first-order chi connectivity index (χ1) is 9.93. The van der Waals surface area contributed by atoms with Gasteiger partial charge in [0.05, 0.1) is 5.82 Å². The second-order valence-corrected chi connectivity index (χ2v) is 7.90. The van der Waals surface area contributed by atoms with Crippen LogP contribution in [-0.2, 0) is 27.2 Å². The molecule has 10 heteroatoms. The van der Waals surface area contributed by atoms with Gasteiger partial charge in [0.1, 0.15) is 11.3 Å². The van der Waals surface area contributed by atoms with Gasteiger partial charge in [0.2, 0.25) is 0 Å². The van der Waals surface area contributed by atoms with Crippen molar-refractivity contribution in [1.82, 2.24) is 4.98 Å². The van der Waals surface area contributed by atoms with Crippen molar-refractivity contribution in [3.8, 4) is 0 Å². The Morgan fingerprint density at radius 1 is 1.10 bits per heavy atom. The van der Waals surface area contributed by atoms with Gasteiger partial charge in [-0.25, -0.2) is 4.98 Å². The van der Waals surface area contributed by atoms with Crippen molar-refractivity contribution in [2.75, 3.05) is 33.8 Å². The molecule has 0 unspecified atom stereocenters. The molecule has 0 aliphatic heterocycles. The lowest BCUT2D eigenvalue weighted by atomic mass is 10.5. The second-order valence-electron chi connectivity index (χ2n) is 3.62. The Morgan fingerprint density at radius 3 is 2.14 bits per heavy atom. The molecule has 0 spiro atoms. The van der Waals surface area contributed by atoms with Crippen molar-refractivity contribution >= 4 is 21.0 Å². The summed E-state index contributed by atoms with van der Waals surface area (Å²) in [4.78, 5) is 4.03. The topological polar surface area (TPSA) is 96.0 Å². The van der Waals surface area contributed by atoms with Crippen molar-refractivity contribution < 1.29 is 27.2 Å². The molecule has 0 atom stereocenters. The van der Waals surface area contributed by atoms with E-state index in [1.807, 2.05) is 0 Å². The predicted octanol–water partition coefficient (Wildman–Crippen LogP) is 3.26. The fourth-order valence-corrected chi connectivity index (χ4v) is 3.85. The summed E-state index contributed by atoms with van der Waals surface area (Å²) in [6, 6.07) is 5.08. The van der Waals surface area contributed by atoms with E-state index in [1.165, 1.54) is 34.6 Å². The molecule has 21 heavy (non-hydrogen) atoms. The zero-order valence-electron chi connectivity index (χ0n) is 12.2. The number of hydrogen-bond donors (Lipinski definition) is 1. The Morgan fingerprint density at radius 2 is 1.71 bits per heavy atom. The summed E-state index contributed by atoms with van der Waals surface area (Å²) in [6.45, 7) is 0. The summed E-state index contributed by atoms with van der Waals surface area (Å²) in [5, 5.41) is 2.75. The van der Waals surface area contributed by atoms with E-state index >= 15 is 0 Å². The van der Waals surface area contributed by atoms with Crippen LogP contribution in [0.2, 0.25) is 0 Å². The van der Waals surface area contributed by atoms with Gasteiger partial charge in [0.25, 0.3) is 0 Å². The molecule has 8 nitrogen and oxygen atoms in total. The van der Waals surface area contributed by atoms with Gasteiger partial charge in [-0.3, -0.25) is 9.13 Å². The predicted molar refractivity (Wildman–Crippen MR) is 79.2 cm³/mol. The Labute approximate surface area is 123 Å². The molecule has 118 valence electrons. The average molecular weight is 336 g/mol. The zero-order chi connectivity index (χ0) is 15.9. The SMILES string of the molecule is COP(=O)(C=C(Nc1ccccn1)P(=O)(OC)OC)OC. The van der Waals surface area contributed by atoms with Crippen LogP contribution >= 0.6 is 15.2 Å². The van der Waals surface area contributed by atoms with E-state index in [2.05, 4.69) is 10.3 Å². The summed E-state index contributed by atoms with van der Waals surface area (Å²) in [5.41, 5.74) is -0.0850. The van der Waals surface area contributed by atoms with Crippen LogP contribution in [-0.4, -0.2) is 33.4 Å². The monoisotopic (exact) mass is 336 g/mol. The number of nitrogens with zero attached hydrogens (tertiary/aromatic N) is 1. The molecule has 0 aliphatic rings. The van der Waals surface area contributed by atoms with E-state index in [0.29, 0.717) is 5.82 Å². The van der Waals surface area contributed by atoms with E-state index in [0.717, 1.165) is 5.82 Å². The molecule has 0 aliphatic carbocycles. The maximum absolute atomic E-state index is 12.5. The molecule has 1 heterocycles. The molecule has 1 aromatic rings. The highest BCUT2D eigenvalue weighted by Crippen LogP contribution is 2.60. The quantitative estimate of drug-likeness (QED) is 0.723. The Hall–Kier alpha value is -1.01. The van der Waals surface area contributed by atoms with E-state index in [1.54, 1.807) is 18.2 Å². The second kappa shape index (κ2) is 7.84. The first kappa shape index (κ1) is 18.0. The minimum absolute atomic E-state index is 0.0850. The maximum atomic E-state index is 12.5. The number of nitrogens with one attached hydrogen (secondary N) is 1. The van der Waals surface area contributed by atoms with Gasteiger partial charge >= 0.3 is 15.2 Å². The summed E-state index contributed by atoms with van der Waals surface area (Å²) in [6.07, 6.45) is 1.54. The van der Waals surface area contributed by atoms with Gasteiger partial charge in [-0.15, -0.1) is 0 Å². The molecule has 0 saturated carbocycles. The Bertz CT molecular complexity index is 561. The molecule has 1 N–H and O–H groups in total. The van der Waals surface area contributed by atoms with Crippen LogP contribution in [0, 0.1) is 0 Å². The van der Waals surface area contributed by atoms with E-state index < -0.39 is 15.2 Å². The van der Waals surface area contributed by atoms with Gasteiger partial charge in [-0.05, 0) is 12.1 Å². The lowest BCUT2D eigenvalue weighted by Gasteiger charge is -2.20. The molecule has 0 radical (unpaired) electrons. The van der Waals surface area contributed by atoms with Crippen LogP contribution in [0.3, 0.4) is 0 Å². The van der Waals surface area contributed by atoms with Crippen LogP contribution in [0.4, 0.5) is 5.82 Å². The largest absolute Gasteiger partial charge is 0.377 e. The number of rotatable bonds is 8. The number of pyridine rings is 1. The number of anilines is 1. The molecule has 0 fully saturated rings. The van der Waals surface area contributed by atoms with Gasteiger partial charge in [-0.2, -0.15) is 0 Å². The summed E-state index contributed by atoms with van der Waals surface area (Å²) in [7, 11) is -2.44. The highest BCUT2D eigenvalue weighted by Gasteiger charge is 2.32. The molecule has 0 saturated heterocycles. The van der Waals surface area contributed by atoms with Gasteiger partial charge in [0.15, 0.2) is 0 Å². The number of hydrogen-bond acceptors (Lipinski definition) is 8. The van der Waals surface area contributed by atoms with Gasteiger partial charge in [-0.1, -0.05) is 6.07 Å². The standard InChI is InChI=1S/C11H18N2O6P2/c1-16-20(14,17-2)9-11(21(15,18-3)19-4)13-10-7-5-6-8-12-10/h5-9H,1-4H3,(H,12,13). The van der Waals surface area contributed by atoms with E-state index in [-0.39, 0.29) is 5.44 Å². The van der Waals surface area contributed by atoms with E-state index in [9.17, 15) is 9.13 Å². The molecule has 1 rings (SSSR count). The van der Waals surface area contributed by atoms with Crippen LogP contribution in [0.25, 0.3) is 0 Å². The third-order valence-electron chi connectivity index (χ3n) is 2.49. The third kappa shape index (κ3) is 4.74. The third-order valence-corrected chi connectivity index (χ3v) is 6.07. The molecule has 1 aromatic heterocycles. The Balaban J connectivity index is 3.27. The van der Waals surface area contributed by atoms with Crippen molar-refractivity contribution in [2.45, 2.75) is 0 Å². The van der Waals surface area contributed by atoms with Crippen LogP contribution in [0.5, 0.6) is 0 Å². The first-order valence-electron chi connectivity index (χ1n) is 5.77. The fraction of sp³-hybridized carbons (Fsp3) is 0.364. The van der Waals surface area contributed by atoms with Crippen molar-refractivity contribution in [3.05, 3.63) is 35.7 Å². The van der Waals surface area contributed by atoms with E-state index in [4.69, 9.17) is 18.1 Å². The summed E-state index contributed by atoms with van der Waals surface area (Å²) in [5.74, 6) is 1.42. The normalized spacial score (nSPS) is 13.2. The van der Waals surface area contributed by atoms with Crippen molar-refractivity contribution in [2.24, 2.45) is 0 Å². The highest BCUT2D eigenvalue weighted by molar-refractivity contribution is 7.62. The zero-order valence-corrected chi connectivity index (χ0v) is 14.0. The van der Waals surface area contributed by atoms with Crippen molar-refractivity contribution in [1.29, 1.82) is 0 Å². The van der Waals surface area contributed by atoms with Crippen molar-refractivity contribution in [3.63, 3.8) is 0 Å². The summed E-state index contributed by atoms with van der Waals surface area (Å²) < 4.78 is 44.2. The maximum Gasteiger partial charge on any atom is 0.377 e. The lowest BCUT2D eigenvalue weighted by molar-refractivity contribution is 0.279. The van der Waals surface area contributed by atoms with Gasteiger partial charge < -0.3 is 23.4 Å². The molecular formula is C11H18N2O6P2. The average Bonchev–Trinajstić information content (AvgIpc) is 2.54. The first-order valence-corrected chi connectivity index (χ1v) is 8.92.